The zero-order valence-electron chi connectivity index (χ0n) is 5.34. The van der Waals surface area contributed by atoms with Gasteiger partial charge in [0.2, 0.25) is 0 Å². The standard InChI is InChI=1S/C6H5ClN2S/c1-4-9-6(3-10-4)5(7)2-8/h3,5H,1H3/t5-/m0/s1. The molecule has 1 aromatic heterocycles. The second kappa shape index (κ2) is 3.00. The van der Waals surface area contributed by atoms with Crippen LogP contribution in [0.15, 0.2) is 5.38 Å². The number of thiazole rings is 1. The topological polar surface area (TPSA) is 36.7 Å². The van der Waals surface area contributed by atoms with Crippen molar-refractivity contribution in [2.45, 2.75) is 12.3 Å². The van der Waals surface area contributed by atoms with E-state index < -0.39 is 5.38 Å². The van der Waals surface area contributed by atoms with Crippen LogP contribution in [0.25, 0.3) is 0 Å². The van der Waals surface area contributed by atoms with Crippen molar-refractivity contribution in [2.75, 3.05) is 0 Å². The first kappa shape index (κ1) is 7.52. The predicted molar refractivity (Wildman–Crippen MR) is 41.1 cm³/mol. The fourth-order valence-electron chi connectivity index (χ4n) is 0.563. The van der Waals surface area contributed by atoms with Gasteiger partial charge in [0.05, 0.1) is 16.8 Å². The highest BCUT2D eigenvalue weighted by molar-refractivity contribution is 7.09. The third-order valence-corrected chi connectivity index (χ3v) is 2.12. The van der Waals surface area contributed by atoms with E-state index in [1.165, 1.54) is 11.3 Å². The van der Waals surface area contributed by atoms with Crippen molar-refractivity contribution in [2.24, 2.45) is 0 Å². The molecule has 10 heavy (non-hydrogen) atoms. The van der Waals surface area contributed by atoms with Gasteiger partial charge in [0.25, 0.3) is 0 Å². The first-order chi connectivity index (χ1) is 4.74. The summed E-state index contributed by atoms with van der Waals surface area (Å²) in [5.41, 5.74) is 0.659. The number of hydrogen-bond acceptors (Lipinski definition) is 3. The highest BCUT2D eigenvalue weighted by Crippen LogP contribution is 2.20. The Morgan fingerprint density at radius 2 is 2.60 bits per heavy atom. The molecular weight excluding hydrogens is 168 g/mol. The van der Waals surface area contributed by atoms with E-state index in [2.05, 4.69) is 4.98 Å². The van der Waals surface area contributed by atoms with E-state index in [1.54, 1.807) is 5.38 Å². The maximum absolute atomic E-state index is 8.38. The number of alkyl halides is 1. The molecule has 1 heterocycles. The Morgan fingerprint density at radius 3 is 3.00 bits per heavy atom. The lowest BCUT2D eigenvalue weighted by molar-refractivity contribution is 1.09. The molecular formula is C6H5ClN2S. The summed E-state index contributed by atoms with van der Waals surface area (Å²) in [6.45, 7) is 1.88. The number of rotatable bonds is 1. The van der Waals surface area contributed by atoms with E-state index in [0.717, 1.165) is 5.01 Å². The van der Waals surface area contributed by atoms with Gasteiger partial charge >= 0.3 is 0 Å². The molecule has 0 aromatic carbocycles. The average molecular weight is 173 g/mol. The van der Waals surface area contributed by atoms with Crippen LogP contribution in [0.5, 0.6) is 0 Å². The molecule has 52 valence electrons. The monoisotopic (exact) mass is 172 g/mol. The molecule has 0 saturated heterocycles. The molecule has 0 saturated carbocycles. The van der Waals surface area contributed by atoms with Crippen LogP contribution in [0.4, 0.5) is 0 Å². The second-order valence-corrected chi connectivity index (χ2v) is 3.28. The van der Waals surface area contributed by atoms with Crippen molar-refractivity contribution in [3.63, 3.8) is 0 Å². The van der Waals surface area contributed by atoms with Crippen molar-refractivity contribution in [3.05, 3.63) is 16.1 Å². The molecule has 0 bridgehead atoms. The lowest BCUT2D eigenvalue weighted by Crippen LogP contribution is -1.85. The third kappa shape index (κ3) is 1.47. The number of aromatic nitrogens is 1. The normalized spacial score (nSPS) is 12.5. The molecule has 4 heteroatoms. The summed E-state index contributed by atoms with van der Waals surface area (Å²) < 4.78 is 0. The van der Waals surface area contributed by atoms with Crippen molar-refractivity contribution in [3.8, 4) is 6.07 Å². The SMILES string of the molecule is Cc1nc([C@@H](Cl)C#N)cs1. The molecule has 0 amide bonds. The van der Waals surface area contributed by atoms with Gasteiger partial charge in [-0.05, 0) is 6.92 Å². The number of nitriles is 1. The van der Waals surface area contributed by atoms with Crippen LogP contribution in [-0.4, -0.2) is 4.98 Å². The summed E-state index contributed by atoms with van der Waals surface area (Å²) in [5, 5.41) is 10.5. The number of nitrogens with zero attached hydrogens (tertiary/aromatic N) is 2. The second-order valence-electron chi connectivity index (χ2n) is 1.78. The Hall–Kier alpha value is -0.590. The van der Waals surface area contributed by atoms with E-state index in [-0.39, 0.29) is 0 Å². The van der Waals surface area contributed by atoms with Gasteiger partial charge < -0.3 is 0 Å². The maximum Gasteiger partial charge on any atom is 0.163 e. The highest BCUT2D eigenvalue weighted by Gasteiger charge is 2.08. The van der Waals surface area contributed by atoms with Gasteiger partial charge in [-0.1, -0.05) is 11.6 Å². The largest absolute Gasteiger partial charge is 0.244 e. The molecule has 0 N–H and O–H groups in total. The minimum Gasteiger partial charge on any atom is -0.244 e. The summed E-state index contributed by atoms with van der Waals surface area (Å²) >= 11 is 7.09. The van der Waals surface area contributed by atoms with Crippen LogP contribution in [-0.2, 0) is 0 Å². The zero-order chi connectivity index (χ0) is 7.56. The summed E-state index contributed by atoms with van der Waals surface area (Å²) in [6, 6.07) is 1.90. The molecule has 0 fully saturated rings. The zero-order valence-corrected chi connectivity index (χ0v) is 6.91. The van der Waals surface area contributed by atoms with E-state index >= 15 is 0 Å². The quantitative estimate of drug-likeness (QED) is 0.610. The molecule has 0 aliphatic carbocycles. The van der Waals surface area contributed by atoms with Crippen LogP contribution in [0, 0.1) is 18.3 Å². The van der Waals surface area contributed by atoms with Crippen LogP contribution in [0.2, 0.25) is 0 Å². The van der Waals surface area contributed by atoms with Crippen LogP contribution in [0.1, 0.15) is 16.1 Å². The van der Waals surface area contributed by atoms with Crippen LogP contribution < -0.4 is 0 Å². The fourth-order valence-corrected chi connectivity index (χ4v) is 1.39. The minimum absolute atomic E-state index is 0.593. The summed E-state index contributed by atoms with van der Waals surface area (Å²) in [7, 11) is 0. The number of hydrogen-bond donors (Lipinski definition) is 0. The molecule has 1 rings (SSSR count). The van der Waals surface area contributed by atoms with Gasteiger partial charge in [-0.15, -0.1) is 11.3 Å². The maximum atomic E-state index is 8.38. The predicted octanol–water partition coefficient (Wildman–Crippen LogP) is 2.26. The Labute approximate surface area is 68.1 Å². The number of halogens is 1. The Kier molecular flexibility index (Phi) is 2.25. The van der Waals surface area contributed by atoms with Gasteiger partial charge in [-0.3, -0.25) is 0 Å². The Bertz CT molecular complexity index is 263. The van der Waals surface area contributed by atoms with Crippen LogP contribution in [0.3, 0.4) is 0 Å². The Morgan fingerprint density at radius 1 is 1.90 bits per heavy atom. The number of aryl methyl sites for hydroxylation is 1. The van der Waals surface area contributed by atoms with Gasteiger partial charge in [-0.25, -0.2) is 4.98 Å². The first-order valence-corrected chi connectivity index (χ1v) is 4.01. The molecule has 1 atom stereocenters. The van der Waals surface area contributed by atoms with Crippen molar-refractivity contribution in [1.29, 1.82) is 5.26 Å². The molecule has 0 radical (unpaired) electrons. The van der Waals surface area contributed by atoms with Gasteiger partial charge in [0, 0.05) is 5.38 Å². The molecule has 0 unspecified atom stereocenters. The van der Waals surface area contributed by atoms with Gasteiger partial charge in [-0.2, -0.15) is 5.26 Å². The van der Waals surface area contributed by atoms with E-state index in [4.69, 9.17) is 16.9 Å². The lowest BCUT2D eigenvalue weighted by Gasteiger charge is -1.89. The van der Waals surface area contributed by atoms with Crippen LogP contribution >= 0.6 is 22.9 Å². The summed E-state index contributed by atoms with van der Waals surface area (Å²) in [6.07, 6.45) is 0. The fraction of sp³-hybridized carbons (Fsp3) is 0.333. The molecule has 0 aliphatic heterocycles. The smallest absolute Gasteiger partial charge is 0.163 e. The Balaban J connectivity index is 2.87. The van der Waals surface area contributed by atoms with E-state index in [9.17, 15) is 0 Å². The van der Waals surface area contributed by atoms with Crippen molar-refractivity contribution >= 4 is 22.9 Å². The molecule has 1 aromatic rings. The lowest BCUT2D eigenvalue weighted by atomic mass is 10.4. The van der Waals surface area contributed by atoms with E-state index in [1.807, 2.05) is 13.0 Å². The summed E-state index contributed by atoms with van der Waals surface area (Å²) in [5.74, 6) is 0. The highest BCUT2D eigenvalue weighted by atomic mass is 35.5. The van der Waals surface area contributed by atoms with Crippen molar-refractivity contribution < 1.29 is 0 Å². The average Bonchev–Trinajstić information content (AvgIpc) is 2.34. The molecule has 0 aliphatic rings. The summed E-state index contributed by atoms with van der Waals surface area (Å²) in [4.78, 5) is 4.05. The first-order valence-electron chi connectivity index (χ1n) is 2.69. The minimum atomic E-state index is -0.593. The van der Waals surface area contributed by atoms with Crippen molar-refractivity contribution in [1.82, 2.24) is 4.98 Å². The third-order valence-electron chi connectivity index (χ3n) is 1.01. The molecule has 0 spiro atoms. The van der Waals surface area contributed by atoms with E-state index in [0.29, 0.717) is 5.69 Å². The molecule has 2 nitrogen and oxygen atoms in total. The van der Waals surface area contributed by atoms with Gasteiger partial charge in [0.15, 0.2) is 5.38 Å². The van der Waals surface area contributed by atoms with Gasteiger partial charge in [0.1, 0.15) is 0 Å².